The highest BCUT2D eigenvalue weighted by atomic mass is 16.5. The lowest BCUT2D eigenvalue weighted by molar-refractivity contribution is 0.483. The third kappa shape index (κ3) is 2.23. The summed E-state index contributed by atoms with van der Waals surface area (Å²) in [7, 11) is 5.64. The van der Waals surface area contributed by atoms with Gasteiger partial charge in [0, 0.05) is 0 Å². The minimum atomic E-state index is 0.737. The van der Waals surface area contributed by atoms with Gasteiger partial charge in [-0.3, -0.25) is 0 Å². The van der Waals surface area contributed by atoms with Crippen molar-refractivity contribution in [2.75, 3.05) is 0 Å². The Labute approximate surface area is 107 Å². The molecule has 84 valence electrons. The number of hydrogen-bond donors (Lipinski definition) is 0. The van der Waals surface area contributed by atoms with Crippen LogP contribution in [0.5, 0.6) is 11.5 Å². The summed E-state index contributed by atoms with van der Waals surface area (Å²) in [5.41, 5.74) is 0.737. The number of hydrogen-bond acceptors (Lipinski definition) is 1. The Morgan fingerprint density at radius 2 is 1.33 bits per heavy atom. The van der Waals surface area contributed by atoms with Gasteiger partial charge in [-0.1, -0.05) is 47.9 Å². The maximum absolute atomic E-state index is 5.79. The summed E-state index contributed by atoms with van der Waals surface area (Å²) in [6.07, 6.45) is 0. The van der Waals surface area contributed by atoms with Crippen molar-refractivity contribution >= 4 is 24.1 Å². The van der Waals surface area contributed by atoms with Crippen LogP contribution in [0.1, 0.15) is 0 Å². The average molecular weight is 230 g/mol. The van der Waals surface area contributed by atoms with Crippen LogP contribution in [0.25, 0.3) is 10.8 Å². The second-order valence-corrected chi connectivity index (χ2v) is 4.18. The predicted octanol–water partition coefficient (Wildman–Crippen LogP) is 3.43. The molecule has 0 saturated carbocycles. The van der Waals surface area contributed by atoms with Crippen LogP contribution in [0.4, 0.5) is 0 Å². The number of benzene rings is 3. The van der Waals surface area contributed by atoms with E-state index in [1.165, 1.54) is 10.8 Å². The summed E-state index contributed by atoms with van der Waals surface area (Å²) in [4.78, 5) is 0. The first kappa shape index (κ1) is 10.9. The van der Waals surface area contributed by atoms with Crippen LogP contribution in [0.15, 0.2) is 66.7 Å². The van der Waals surface area contributed by atoms with Crippen LogP contribution >= 0.6 is 0 Å². The molecule has 0 aliphatic rings. The van der Waals surface area contributed by atoms with Gasteiger partial charge < -0.3 is 4.74 Å². The van der Waals surface area contributed by atoms with Crippen molar-refractivity contribution in [2.45, 2.75) is 0 Å². The Morgan fingerprint density at radius 1 is 0.667 bits per heavy atom. The summed E-state index contributed by atoms with van der Waals surface area (Å²) < 4.78 is 5.79. The smallest absolute Gasteiger partial charge is 0.128 e. The van der Waals surface area contributed by atoms with E-state index in [4.69, 9.17) is 12.6 Å². The van der Waals surface area contributed by atoms with Gasteiger partial charge in [0.25, 0.3) is 0 Å². The molecule has 3 aromatic carbocycles. The molecule has 2 heteroatoms. The van der Waals surface area contributed by atoms with E-state index in [-0.39, 0.29) is 0 Å². The van der Waals surface area contributed by atoms with Crippen LogP contribution < -0.4 is 10.2 Å². The topological polar surface area (TPSA) is 9.23 Å². The van der Waals surface area contributed by atoms with Crippen LogP contribution in [0.2, 0.25) is 0 Å². The van der Waals surface area contributed by atoms with Gasteiger partial charge in [0.15, 0.2) is 0 Å². The molecule has 0 amide bonds. The largest absolute Gasteiger partial charge is 0.457 e. The lowest BCUT2D eigenvalue weighted by Crippen LogP contribution is -1.99. The van der Waals surface area contributed by atoms with Gasteiger partial charge in [-0.15, -0.1) is 0 Å². The summed E-state index contributed by atoms with van der Waals surface area (Å²) in [5.74, 6) is 1.62. The molecular weight excluding hydrogens is 219 g/mol. The Balaban J connectivity index is 1.92. The fraction of sp³-hybridized carbons (Fsp3) is 0. The van der Waals surface area contributed by atoms with E-state index in [1.807, 2.05) is 48.5 Å². The molecular formula is C16H11BO. The van der Waals surface area contributed by atoms with Gasteiger partial charge in [-0.2, -0.15) is 0 Å². The summed E-state index contributed by atoms with van der Waals surface area (Å²) in [6, 6.07) is 21.7. The zero-order valence-corrected chi connectivity index (χ0v) is 9.84. The van der Waals surface area contributed by atoms with Gasteiger partial charge in [-0.05, 0) is 35.0 Å². The van der Waals surface area contributed by atoms with Crippen LogP contribution in [0.3, 0.4) is 0 Å². The Hall–Kier alpha value is -2.22. The fourth-order valence-corrected chi connectivity index (χ4v) is 1.90. The third-order valence-electron chi connectivity index (χ3n) is 2.84. The second kappa shape index (κ2) is 4.57. The standard InChI is InChI=1S/C16H11BO/c17-14-6-9-15(10-7-14)18-16-8-5-12-3-1-2-4-13(12)11-16/h1-11H. The molecule has 3 aromatic rings. The van der Waals surface area contributed by atoms with Crippen molar-refractivity contribution in [3.05, 3.63) is 66.7 Å². The minimum absolute atomic E-state index is 0.737. The normalized spacial score (nSPS) is 10.4. The first-order valence-electron chi connectivity index (χ1n) is 5.83. The average Bonchev–Trinajstić information content (AvgIpc) is 2.41. The molecule has 1 nitrogen and oxygen atoms in total. The third-order valence-corrected chi connectivity index (χ3v) is 2.84. The molecule has 0 unspecified atom stereocenters. The Morgan fingerprint density at radius 3 is 2.11 bits per heavy atom. The van der Waals surface area contributed by atoms with Gasteiger partial charge in [0.05, 0.1) is 0 Å². The number of fused-ring (bicyclic) bond motifs is 1. The van der Waals surface area contributed by atoms with E-state index >= 15 is 0 Å². The van der Waals surface area contributed by atoms with E-state index in [9.17, 15) is 0 Å². The molecule has 0 aliphatic carbocycles. The quantitative estimate of drug-likeness (QED) is 0.613. The van der Waals surface area contributed by atoms with Crippen molar-refractivity contribution in [1.82, 2.24) is 0 Å². The summed E-state index contributed by atoms with van der Waals surface area (Å²) in [5, 5.41) is 2.38. The first-order chi connectivity index (χ1) is 8.81. The maximum Gasteiger partial charge on any atom is 0.128 e. The van der Waals surface area contributed by atoms with Gasteiger partial charge in [0.2, 0.25) is 0 Å². The van der Waals surface area contributed by atoms with E-state index in [0.29, 0.717) is 0 Å². The van der Waals surface area contributed by atoms with Gasteiger partial charge >= 0.3 is 0 Å². The molecule has 0 spiro atoms. The predicted molar refractivity (Wildman–Crippen MR) is 75.9 cm³/mol. The highest BCUT2D eigenvalue weighted by molar-refractivity contribution is 6.32. The molecule has 18 heavy (non-hydrogen) atoms. The molecule has 2 radical (unpaired) electrons. The number of ether oxygens (including phenoxy) is 1. The molecule has 0 heterocycles. The van der Waals surface area contributed by atoms with Crippen molar-refractivity contribution < 1.29 is 4.74 Å². The molecule has 0 bridgehead atoms. The van der Waals surface area contributed by atoms with Crippen molar-refractivity contribution in [1.29, 1.82) is 0 Å². The van der Waals surface area contributed by atoms with Crippen LogP contribution in [0, 0.1) is 0 Å². The molecule has 0 fully saturated rings. The molecule has 0 aliphatic heterocycles. The second-order valence-electron chi connectivity index (χ2n) is 4.18. The van der Waals surface area contributed by atoms with E-state index < -0.39 is 0 Å². The molecule has 0 N–H and O–H groups in total. The zero-order valence-electron chi connectivity index (χ0n) is 9.84. The minimum Gasteiger partial charge on any atom is -0.457 e. The van der Waals surface area contributed by atoms with Crippen LogP contribution in [-0.2, 0) is 0 Å². The molecule has 0 atom stereocenters. The molecule has 0 saturated heterocycles. The van der Waals surface area contributed by atoms with Crippen molar-refractivity contribution in [3.63, 3.8) is 0 Å². The van der Waals surface area contributed by atoms with Gasteiger partial charge in [0.1, 0.15) is 19.3 Å². The lowest BCUT2D eigenvalue weighted by Gasteiger charge is -2.07. The Bertz CT molecular complexity index is 674. The first-order valence-corrected chi connectivity index (χ1v) is 5.83. The number of rotatable bonds is 2. The van der Waals surface area contributed by atoms with E-state index in [2.05, 4.69) is 18.2 Å². The SMILES string of the molecule is [B]c1ccc(Oc2ccc3ccccc3c2)cc1. The Kier molecular flexibility index (Phi) is 2.77. The lowest BCUT2D eigenvalue weighted by atomic mass is 9.97. The fourth-order valence-electron chi connectivity index (χ4n) is 1.90. The zero-order chi connectivity index (χ0) is 12.4. The summed E-state index contributed by atoms with van der Waals surface area (Å²) >= 11 is 0. The molecule has 0 aromatic heterocycles. The van der Waals surface area contributed by atoms with E-state index in [0.717, 1.165) is 17.0 Å². The summed E-state index contributed by atoms with van der Waals surface area (Å²) in [6.45, 7) is 0. The van der Waals surface area contributed by atoms with Crippen LogP contribution in [-0.4, -0.2) is 7.85 Å². The maximum atomic E-state index is 5.79. The monoisotopic (exact) mass is 230 g/mol. The highest BCUT2D eigenvalue weighted by Gasteiger charge is 1.98. The highest BCUT2D eigenvalue weighted by Crippen LogP contribution is 2.24. The van der Waals surface area contributed by atoms with Gasteiger partial charge in [-0.25, -0.2) is 0 Å². The molecule has 3 rings (SSSR count). The van der Waals surface area contributed by atoms with Crippen molar-refractivity contribution in [3.8, 4) is 11.5 Å². The van der Waals surface area contributed by atoms with Crippen molar-refractivity contribution in [2.24, 2.45) is 0 Å². The van der Waals surface area contributed by atoms with E-state index in [1.54, 1.807) is 0 Å².